The van der Waals surface area contributed by atoms with Crippen molar-refractivity contribution in [3.8, 4) is 0 Å². The Labute approximate surface area is 129 Å². The van der Waals surface area contributed by atoms with Gasteiger partial charge in [0.25, 0.3) is 5.56 Å². The average molecular weight is 307 g/mol. The standard InChI is InChI=1S/C15H25N5O2/c1-7-19-12(21)10-11(18(6)14(19)22)17-13(15(3,4)5)20(10)9(2)8-16/h9H,7-8,16H2,1-6H3. The molecule has 2 aromatic heterocycles. The molecule has 122 valence electrons. The summed E-state index contributed by atoms with van der Waals surface area (Å²) in [5.41, 5.74) is 5.80. The van der Waals surface area contributed by atoms with Crippen molar-refractivity contribution in [2.75, 3.05) is 6.54 Å². The van der Waals surface area contributed by atoms with Crippen LogP contribution in [0.3, 0.4) is 0 Å². The van der Waals surface area contributed by atoms with E-state index in [0.29, 0.717) is 24.3 Å². The van der Waals surface area contributed by atoms with Crippen LogP contribution < -0.4 is 17.0 Å². The van der Waals surface area contributed by atoms with Gasteiger partial charge in [0.1, 0.15) is 5.82 Å². The molecular weight excluding hydrogens is 282 g/mol. The van der Waals surface area contributed by atoms with Crippen LogP contribution in [0, 0.1) is 0 Å². The van der Waals surface area contributed by atoms with Gasteiger partial charge in [-0.25, -0.2) is 9.78 Å². The fourth-order valence-electron chi connectivity index (χ4n) is 2.68. The second-order valence-corrected chi connectivity index (χ2v) is 6.70. The van der Waals surface area contributed by atoms with Gasteiger partial charge in [0.05, 0.1) is 0 Å². The molecule has 0 aliphatic carbocycles. The van der Waals surface area contributed by atoms with E-state index in [-0.39, 0.29) is 22.7 Å². The zero-order valence-electron chi connectivity index (χ0n) is 14.2. The van der Waals surface area contributed by atoms with Gasteiger partial charge < -0.3 is 10.3 Å². The fraction of sp³-hybridized carbons (Fsp3) is 0.667. The molecule has 0 amide bonds. The van der Waals surface area contributed by atoms with Crippen LogP contribution in [-0.2, 0) is 19.0 Å². The molecule has 0 radical (unpaired) electrons. The maximum absolute atomic E-state index is 12.8. The molecule has 1 unspecified atom stereocenters. The van der Waals surface area contributed by atoms with Gasteiger partial charge in [-0.1, -0.05) is 20.8 Å². The molecule has 2 N–H and O–H groups in total. The Hall–Kier alpha value is -1.89. The minimum atomic E-state index is -0.342. The number of rotatable bonds is 3. The molecule has 2 rings (SSSR count). The van der Waals surface area contributed by atoms with Crippen molar-refractivity contribution in [2.45, 2.75) is 52.6 Å². The van der Waals surface area contributed by atoms with Crippen LogP contribution in [0.2, 0.25) is 0 Å². The summed E-state index contributed by atoms with van der Waals surface area (Å²) in [4.78, 5) is 29.7. The first-order valence-electron chi connectivity index (χ1n) is 7.57. The maximum atomic E-state index is 12.8. The Balaban J connectivity index is 3.09. The first-order valence-corrected chi connectivity index (χ1v) is 7.57. The molecule has 22 heavy (non-hydrogen) atoms. The third-order valence-corrected chi connectivity index (χ3v) is 3.94. The molecule has 0 aliphatic heterocycles. The molecule has 2 heterocycles. The smallest absolute Gasteiger partial charge is 0.328 e. The molecule has 7 nitrogen and oxygen atoms in total. The molecule has 0 bridgehead atoms. The normalized spacial score (nSPS) is 13.8. The van der Waals surface area contributed by atoms with Crippen molar-refractivity contribution in [1.82, 2.24) is 18.7 Å². The van der Waals surface area contributed by atoms with Gasteiger partial charge in [-0.05, 0) is 13.8 Å². The van der Waals surface area contributed by atoms with Gasteiger partial charge >= 0.3 is 5.69 Å². The highest BCUT2D eigenvalue weighted by Crippen LogP contribution is 2.27. The molecule has 0 saturated carbocycles. The van der Waals surface area contributed by atoms with Crippen molar-refractivity contribution in [3.63, 3.8) is 0 Å². The minimum Gasteiger partial charge on any atom is -0.328 e. The third kappa shape index (κ3) is 2.29. The molecule has 0 aromatic carbocycles. The monoisotopic (exact) mass is 307 g/mol. The molecule has 0 fully saturated rings. The molecule has 2 aromatic rings. The lowest BCUT2D eigenvalue weighted by atomic mass is 9.95. The van der Waals surface area contributed by atoms with Crippen LogP contribution in [-0.4, -0.2) is 25.2 Å². The highest BCUT2D eigenvalue weighted by Gasteiger charge is 2.28. The van der Waals surface area contributed by atoms with E-state index >= 15 is 0 Å². The molecule has 0 spiro atoms. The zero-order chi connectivity index (χ0) is 16.8. The van der Waals surface area contributed by atoms with E-state index in [4.69, 9.17) is 5.73 Å². The Bertz CT molecular complexity index is 820. The maximum Gasteiger partial charge on any atom is 0.332 e. The summed E-state index contributed by atoms with van der Waals surface area (Å²) in [7, 11) is 1.65. The SMILES string of the molecule is CCn1c(=O)c2c(nc(C(C)(C)C)n2C(C)CN)n(C)c1=O. The molecule has 1 atom stereocenters. The fourth-order valence-corrected chi connectivity index (χ4v) is 2.68. The van der Waals surface area contributed by atoms with Crippen LogP contribution >= 0.6 is 0 Å². The van der Waals surface area contributed by atoms with Crippen molar-refractivity contribution < 1.29 is 0 Å². The highest BCUT2D eigenvalue weighted by molar-refractivity contribution is 5.71. The second kappa shape index (κ2) is 5.39. The summed E-state index contributed by atoms with van der Waals surface area (Å²) in [5.74, 6) is 0.765. The van der Waals surface area contributed by atoms with Crippen molar-refractivity contribution in [1.29, 1.82) is 0 Å². The van der Waals surface area contributed by atoms with Gasteiger partial charge in [0.15, 0.2) is 11.2 Å². The number of aromatic nitrogens is 4. The quantitative estimate of drug-likeness (QED) is 0.905. The molecule has 0 saturated heterocycles. The van der Waals surface area contributed by atoms with Crippen LogP contribution in [0.25, 0.3) is 11.2 Å². The molecule has 0 aliphatic rings. The van der Waals surface area contributed by atoms with Crippen LogP contribution in [0.1, 0.15) is 46.5 Å². The summed E-state index contributed by atoms with van der Waals surface area (Å²) in [5, 5.41) is 0. The van der Waals surface area contributed by atoms with Gasteiger partial charge in [0, 0.05) is 31.6 Å². The lowest BCUT2D eigenvalue weighted by molar-refractivity contribution is 0.463. The first kappa shape index (κ1) is 16.5. The summed E-state index contributed by atoms with van der Waals surface area (Å²) in [6.45, 7) is 10.6. The van der Waals surface area contributed by atoms with E-state index in [1.54, 1.807) is 14.0 Å². The van der Waals surface area contributed by atoms with E-state index in [1.807, 2.05) is 32.3 Å². The van der Waals surface area contributed by atoms with Gasteiger partial charge in [-0.2, -0.15) is 0 Å². The number of nitrogens with zero attached hydrogens (tertiary/aromatic N) is 4. The highest BCUT2D eigenvalue weighted by atomic mass is 16.2. The largest absolute Gasteiger partial charge is 0.332 e. The Kier molecular flexibility index (Phi) is 4.04. The van der Waals surface area contributed by atoms with Gasteiger partial charge in [-0.3, -0.25) is 13.9 Å². The van der Waals surface area contributed by atoms with E-state index < -0.39 is 0 Å². The molecule has 7 heteroatoms. The Morgan fingerprint density at radius 3 is 2.32 bits per heavy atom. The van der Waals surface area contributed by atoms with Gasteiger partial charge in [-0.15, -0.1) is 0 Å². The summed E-state index contributed by atoms with van der Waals surface area (Å²) < 4.78 is 4.56. The van der Waals surface area contributed by atoms with Crippen LogP contribution in [0.4, 0.5) is 0 Å². The summed E-state index contributed by atoms with van der Waals surface area (Å²) >= 11 is 0. The first-order chi connectivity index (χ1) is 10.1. The second-order valence-electron chi connectivity index (χ2n) is 6.70. The Morgan fingerprint density at radius 2 is 1.86 bits per heavy atom. The van der Waals surface area contributed by atoms with E-state index in [0.717, 1.165) is 5.82 Å². The Morgan fingerprint density at radius 1 is 1.27 bits per heavy atom. The van der Waals surface area contributed by atoms with Crippen molar-refractivity contribution in [2.24, 2.45) is 12.8 Å². The molecular formula is C15H25N5O2. The number of aryl methyl sites for hydroxylation is 1. The van der Waals surface area contributed by atoms with E-state index in [9.17, 15) is 9.59 Å². The number of hydrogen-bond donors (Lipinski definition) is 1. The number of nitrogens with two attached hydrogens (primary N) is 1. The lowest BCUT2D eigenvalue weighted by Crippen LogP contribution is -2.39. The zero-order valence-corrected chi connectivity index (χ0v) is 14.2. The number of hydrogen-bond acceptors (Lipinski definition) is 4. The van der Waals surface area contributed by atoms with Crippen molar-refractivity contribution in [3.05, 3.63) is 26.7 Å². The third-order valence-electron chi connectivity index (χ3n) is 3.94. The number of fused-ring (bicyclic) bond motifs is 1. The van der Waals surface area contributed by atoms with Gasteiger partial charge in [0.2, 0.25) is 0 Å². The number of imidazole rings is 1. The van der Waals surface area contributed by atoms with Crippen molar-refractivity contribution >= 4 is 11.2 Å². The topological polar surface area (TPSA) is 87.8 Å². The predicted molar refractivity (Wildman–Crippen MR) is 87.4 cm³/mol. The average Bonchev–Trinajstić information content (AvgIpc) is 2.85. The van der Waals surface area contributed by atoms with Crippen LogP contribution in [0.5, 0.6) is 0 Å². The predicted octanol–water partition coefficient (Wildman–Crippen LogP) is 0.734. The lowest BCUT2D eigenvalue weighted by Gasteiger charge is -2.23. The van der Waals surface area contributed by atoms with Crippen LogP contribution in [0.15, 0.2) is 9.59 Å². The minimum absolute atomic E-state index is 0.0743. The summed E-state index contributed by atoms with van der Waals surface area (Å²) in [6, 6.07) is -0.0743. The van der Waals surface area contributed by atoms with E-state index in [2.05, 4.69) is 4.98 Å². The van der Waals surface area contributed by atoms with E-state index in [1.165, 1.54) is 9.13 Å². The summed E-state index contributed by atoms with van der Waals surface area (Å²) in [6.07, 6.45) is 0.